The number of nitrogens with one attached hydrogen (secondary N) is 1. The van der Waals surface area contributed by atoms with Crippen molar-refractivity contribution < 1.29 is 9.53 Å². The molecule has 2 heterocycles. The minimum atomic E-state index is -0.00314. The van der Waals surface area contributed by atoms with E-state index in [1.54, 1.807) is 0 Å². The van der Waals surface area contributed by atoms with Crippen LogP contribution in [0.25, 0.3) is 0 Å². The van der Waals surface area contributed by atoms with Gasteiger partial charge in [0.15, 0.2) is 0 Å². The van der Waals surface area contributed by atoms with Gasteiger partial charge in [0.2, 0.25) is 5.91 Å². The molecule has 5 nitrogen and oxygen atoms in total. The molecule has 2 aliphatic rings. The Labute approximate surface area is 116 Å². The second-order valence-electron chi connectivity index (χ2n) is 5.76. The molecule has 0 radical (unpaired) electrons. The molecule has 2 rings (SSSR count). The van der Waals surface area contributed by atoms with Gasteiger partial charge in [0.05, 0.1) is 12.6 Å². The van der Waals surface area contributed by atoms with E-state index in [0.29, 0.717) is 5.92 Å². The first-order valence-corrected chi connectivity index (χ1v) is 7.46. The van der Waals surface area contributed by atoms with Crippen LogP contribution < -0.4 is 5.32 Å². The quantitative estimate of drug-likeness (QED) is 0.790. The molecule has 0 bridgehead atoms. The summed E-state index contributed by atoms with van der Waals surface area (Å²) in [4.78, 5) is 16.6. The van der Waals surface area contributed by atoms with Crippen LogP contribution in [0.1, 0.15) is 19.8 Å². The van der Waals surface area contributed by atoms with E-state index in [0.717, 1.165) is 52.4 Å². The molecule has 2 fully saturated rings. The van der Waals surface area contributed by atoms with Crippen molar-refractivity contribution >= 4 is 5.91 Å². The average Bonchev–Trinajstić information content (AvgIpc) is 2.47. The third-order valence-electron chi connectivity index (χ3n) is 4.22. The Bertz CT molecular complexity index is 286. The minimum Gasteiger partial charge on any atom is -0.381 e. The standard InChI is InChI=1S/C14H27N3O2/c1-12(17-7-5-15-6-8-17)14(18)16(2)10-13-4-3-9-19-11-13/h12-13,15H,3-11H2,1-2H3. The summed E-state index contributed by atoms with van der Waals surface area (Å²) < 4.78 is 5.48. The zero-order valence-corrected chi connectivity index (χ0v) is 12.2. The van der Waals surface area contributed by atoms with Gasteiger partial charge in [-0.2, -0.15) is 0 Å². The lowest BCUT2D eigenvalue weighted by atomic mass is 10.0. The van der Waals surface area contributed by atoms with Gasteiger partial charge in [-0.15, -0.1) is 0 Å². The van der Waals surface area contributed by atoms with Gasteiger partial charge in [0.25, 0.3) is 0 Å². The zero-order valence-electron chi connectivity index (χ0n) is 12.2. The van der Waals surface area contributed by atoms with E-state index in [2.05, 4.69) is 10.2 Å². The van der Waals surface area contributed by atoms with Crippen molar-refractivity contribution in [2.45, 2.75) is 25.8 Å². The maximum absolute atomic E-state index is 12.4. The van der Waals surface area contributed by atoms with E-state index < -0.39 is 0 Å². The van der Waals surface area contributed by atoms with Gasteiger partial charge in [-0.25, -0.2) is 0 Å². The van der Waals surface area contributed by atoms with Crippen LogP contribution in [0, 0.1) is 5.92 Å². The third-order valence-corrected chi connectivity index (χ3v) is 4.22. The van der Waals surface area contributed by atoms with Gasteiger partial charge in [0.1, 0.15) is 0 Å². The van der Waals surface area contributed by atoms with Crippen LogP contribution in [0.3, 0.4) is 0 Å². The van der Waals surface area contributed by atoms with Gasteiger partial charge in [-0.05, 0) is 25.7 Å². The number of carbonyl (C=O) groups excluding carboxylic acids is 1. The van der Waals surface area contributed by atoms with Crippen molar-refractivity contribution in [3.05, 3.63) is 0 Å². The highest BCUT2D eigenvalue weighted by Gasteiger charge is 2.26. The molecule has 19 heavy (non-hydrogen) atoms. The molecule has 0 aliphatic carbocycles. The van der Waals surface area contributed by atoms with Gasteiger partial charge >= 0.3 is 0 Å². The first kappa shape index (κ1) is 14.8. The van der Waals surface area contributed by atoms with Crippen molar-refractivity contribution in [3.63, 3.8) is 0 Å². The number of carbonyl (C=O) groups is 1. The summed E-state index contributed by atoms with van der Waals surface area (Å²) in [6.45, 7) is 8.44. The molecular formula is C14H27N3O2. The van der Waals surface area contributed by atoms with E-state index in [1.807, 2.05) is 18.9 Å². The Hall–Kier alpha value is -0.650. The molecule has 2 unspecified atom stereocenters. The fourth-order valence-electron chi connectivity index (χ4n) is 2.97. The number of hydrogen-bond donors (Lipinski definition) is 1. The summed E-state index contributed by atoms with van der Waals surface area (Å²) in [5, 5.41) is 3.32. The van der Waals surface area contributed by atoms with Crippen LogP contribution >= 0.6 is 0 Å². The van der Waals surface area contributed by atoms with Crippen LogP contribution in [-0.2, 0) is 9.53 Å². The molecule has 0 aromatic carbocycles. The molecular weight excluding hydrogens is 242 g/mol. The number of rotatable bonds is 4. The van der Waals surface area contributed by atoms with E-state index in [-0.39, 0.29) is 11.9 Å². The number of amides is 1. The van der Waals surface area contributed by atoms with Crippen LogP contribution in [0.4, 0.5) is 0 Å². The van der Waals surface area contributed by atoms with E-state index in [9.17, 15) is 4.79 Å². The number of hydrogen-bond acceptors (Lipinski definition) is 4. The molecule has 1 amide bonds. The van der Waals surface area contributed by atoms with Crippen LogP contribution in [-0.4, -0.2) is 74.7 Å². The highest BCUT2D eigenvalue weighted by atomic mass is 16.5. The number of likely N-dealkylation sites (N-methyl/N-ethyl adjacent to an activating group) is 1. The van der Waals surface area contributed by atoms with Crippen LogP contribution in [0.2, 0.25) is 0 Å². The molecule has 1 N–H and O–H groups in total. The Morgan fingerprint density at radius 2 is 2.21 bits per heavy atom. The molecule has 110 valence electrons. The van der Waals surface area contributed by atoms with Crippen molar-refractivity contribution in [2.75, 3.05) is 53.0 Å². The summed E-state index contributed by atoms with van der Waals surface area (Å²) >= 11 is 0. The molecule has 0 saturated carbocycles. The Balaban J connectivity index is 1.79. The highest BCUT2D eigenvalue weighted by Crippen LogP contribution is 2.15. The summed E-state index contributed by atoms with van der Waals surface area (Å²) in [5.41, 5.74) is 0. The van der Waals surface area contributed by atoms with Crippen LogP contribution in [0.5, 0.6) is 0 Å². The van der Waals surface area contributed by atoms with Crippen molar-refractivity contribution in [1.82, 2.24) is 15.1 Å². The van der Waals surface area contributed by atoms with E-state index >= 15 is 0 Å². The predicted octanol–water partition coefficient (Wildman–Crippen LogP) is 0.165. The largest absolute Gasteiger partial charge is 0.381 e. The number of piperazine rings is 1. The average molecular weight is 269 g/mol. The fraction of sp³-hybridized carbons (Fsp3) is 0.929. The summed E-state index contributed by atoms with van der Waals surface area (Å²) in [5.74, 6) is 0.755. The monoisotopic (exact) mass is 269 g/mol. The SMILES string of the molecule is CC(C(=O)N(C)CC1CCCOC1)N1CCNCC1. The summed E-state index contributed by atoms with van der Waals surface area (Å²) in [7, 11) is 1.93. The number of nitrogens with zero attached hydrogens (tertiary/aromatic N) is 2. The second kappa shape index (κ2) is 7.22. The molecule has 0 spiro atoms. The maximum atomic E-state index is 12.4. The Kier molecular flexibility index (Phi) is 5.60. The first-order chi connectivity index (χ1) is 9.18. The highest BCUT2D eigenvalue weighted by molar-refractivity contribution is 5.81. The summed E-state index contributed by atoms with van der Waals surface area (Å²) in [6.07, 6.45) is 2.31. The Morgan fingerprint density at radius 3 is 2.84 bits per heavy atom. The molecule has 0 aromatic heterocycles. The van der Waals surface area contributed by atoms with Gasteiger partial charge in [-0.1, -0.05) is 0 Å². The zero-order chi connectivity index (χ0) is 13.7. The smallest absolute Gasteiger partial charge is 0.239 e. The van der Waals surface area contributed by atoms with Gasteiger partial charge < -0.3 is 15.0 Å². The van der Waals surface area contributed by atoms with Gasteiger partial charge in [-0.3, -0.25) is 9.69 Å². The van der Waals surface area contributed by atoms with Crippen molar-refractivity contribution in [2.24, 2.45) is 5.92 Å². The lowest BCUT2D eigenvalue weighted by Crippen LogP contribution is -2.53. The van der Waals surface area contributed by atoms with E-state index in [1.165, 1.54) is 6.42 Å². The predicted molar refractivity (Wildman–Crippen MR) is 75.1 cm³/mol. The lowest BCUT2D eigenvalue weighted by Gasteiger charge is -2.35. The number of ether oxygens (including phenoxy) is 1. The lowest BCUT2D eigenvalue weighted by molar-refractivity contribution is -0.136. The third kappa shape index (κ3) is 4.16. The van der Waals surface area contributed by atoms with Crippen molar-refractivity contribution in [1.29, 1.82) is 0 Å². The minimum absolute atomic E-state index is 0.00314. The first-order valence-electron chi connectivity index (χ1n) is 7.46. The molecule has 0 aromatic rings. The molecule has 5 heteroatoms. The van der Waals surface area contributed by atoms with Crippen molar-refractivity contribution in [3.8, 4) is 0 Å². The molecule has 2 atom stereocenters. The molecule has 2 saturated heterocycles. The topological polar surface area (TPSA) is 44.8 Å². The summed E-state index contributed by atoms with van der Waals surface area (Å²) in [6, 6.07) is -0.00314. The fourth-order valence-corrected chi connectivity index (χ4v) is 2.97. The van der Waals surface area contributed by atoms with Crippen LogP contribution in [0.15, 0.2) is 0 Å². The second-order valence-corrected chi connectivity index (χ2v) is 5.76. The molecule has 2 aliphatic heterocycles. The Morgan fingerprint density at radius 1 is 1.47 bits per heavy atom. The normalized spacial score (nSPS) is 26.9. The van der Waals surface area contributed by atoms with Gasteiger partial charge in [0, 0.05) is 46.4 Å². The van der Waals surface area contributed by atoms with E-state index in [4.69, 9.17) is 4.74 Å². The maximum Gasteiger partial charge on any atom is 0.239 e.